The van der Waals surface area contributed by atoms with Crippen LogP contribution in [-0.4, -0.2) is 34.1 Å². The number of nitrogens with zero attached hydrogens (tertiary/aromatic N) is 3. The summed E-state index contributed by atoms with van der Waals surface area (Å²) in [5, 5.41) is 8.23. The number of amides is 1. The van der Waals surface area contributed by atoms with Gasteiger partial charge in [0.25, 0.3) is 5.91 Å². The minimum atomic E-state index is 0.0963. The maximum atomic E-state index is 12.6. The number of carbonyl (C=O) groups excluding carboxylic acids is 1. The van der Waals surface area contributed by atoms with E-state index in [2.05, 4.69) is 17.1 Å². The van der Waals surface area contributed by atoms with Gasteiger partial charge in [0.1, 0.15) is 0 Å². The molecule has 1 aliphatic rings. The van der Waals surface area contributed by atoms with Crippen LogP contribution in [0.15, 0.2) is 59.0 Å². The largest absolute Gasteiger partial charge is 0.416 e. The van der Waals surface area contributed by atoms with Crippen molar-refractivity contribution in [2.24, 2.45) is 5.92 Å². The maximum Gasteiger partial charge on any atom is 0.253 e. The first kappa shape index (κ1) is 16.5. The lowest BCUT2D eigenvalue weighted by Crippen LogP contribution is -2.37. The predicted molar refractivity (Wildman–Crippen MR) is 99.5 cm³/mol. The quantitative estimate of drug-likeness (QED) is 0.710. The van der Waals surface area contributed by atoms with Crippen LogP contribution in [-0.2, 0) is 0 Å². The van der Waals surface area contributed by atoms with E-state index >= 15 is 0 Å². The fraction of sp³-hybridized carbons (Fsp3) is 0.286. The topological polar surface area (TPSA) is 59.2 Å². The van der Waals surface area contributed by atoms with Gasteiger partial charge in [-0.15, -0.1) is 10.2 Å². The van der Waals surface area contributed by atoms with Gasteiger partial charge in [-0.25, -0.2) is 0 Å². The Bertz CT molecular complexity index is 879. The van der Waals surface area contributed by atoms with E-state index in [1.165, 1.54) is 0 Å². The van der Waals surface area contributed by atoms with Gasteiger partial charge in [0.05, 0.1) is 0 Å². The van der Waals surface area contributed by atoms with Crippen LogP contribution in [0.25, 0.3) is 22.9 Å². The van der Waals surface area contributed by atoms with Gasteiger partial charge >= 0.3 is 0 Å². The van der Waals surface area contributed by atoms with Crippen molar-refractivity contribution in [1.82, 2.24) is 15.1 Å². The third kappa shape index (κ3) is 3.38. The Labute approximate surface area is 152 Å². The molecule has 0 radical (unpaired) electrons. The van der Waals surface area contributed by atoms with Crippen LogP contribution in [0, 0.1) is 5.92 Å². The highest BCUT2D eigenvalue weighted by Crippen LogP contribution is 2.24. The fourth-order valence-electron chi connectivity index (χ4n) is 3.19. The summed E-state index contributed by atoms with van der Waals surface area (Å²) in [5.74, 6) is 1.74. The summed E-state index contributed by atoms with van der Waals surface area (Å²) in [6.07, 6.45) is 2.15. The zero-order valence-corrected chi connectivity index (χ0v) is 14.8. The number of carbonyl (C=O) groups is 1. The first-order valence-corrected chi connectivity index (χ1v) is 8.99. The maximum absolute atomic E-state index is 12.6. The van der Waals surface area contributed by atoms with Crippen LogP contribution in [0.3, 0.4) is 0 Å². The molecule has 2 aromatic carbocycles. The van der Waals surface area contributed by atoms with Crippen molar-refractivity contribution in [3.05, 3.63) is 60.2 Å². The molecular formula is C21H21N3O2. The molecule has 0 spiro atoms. The molecule has 1 aromatic heterocycles. The molecule has 2 heterocycles. The molecule has 26 heavy (non-hydrogen) atoms. The molecule has 5 nitrogen and oxygen atoms in total. The summed E-state index contributed by atoms with van der Waals surface area (Å²) in [5.41, 5.74) is 2.40. The van der Waals surface area contributed by atoms with Gasteiger partial charge in [0, 0.05) is 29.8 Å². The van der Waals surface area contributed by atoms with E-state index in [0.29, 0.717) is 23.3 Å². The second-order valence-electron chi connectivity index (χ2n) is 6.83. The van der Waals surface area contributed by atoms with Crippen LogP contribution in [0.4, 0.5) is 0 Å². The Hall–Kier alpha value is -2.95. The summed E-state index contributed by atoms with van der Waals surface area (Å²) in [7, 11) is 0. The number of likely N-dealkylation sites (tertiary alicyclic amines) is 1. The molecule has 1 amide bonds. The molecule has 3 aromatic rings. The highest BCUT2D eigenvalue weighted by Gasteiger charge is 2.21. The Morgan fingerprint density at radius 1 is 0.923 bits per heavy atom. The van der Waals surface area contributed by atoms with Crippen LogP contribution in [0.2, 0.25) is 0 Å². The second-order valence-corrected chi connectivity index (χ2v) is 6.83. The van der Waals surface area contributed by atoms with Crippen molar-refractivity contribution in [2.45, 2.75) is 19.8 Å². The molecule has 0 aliphatic carbocycles. The highest BCUT2D eigenvalue weighted by atomic mass is 16.4. The molecule has 4 rings (SSSR count). The Kier molecular flexibility index (Phi) is 4.52. The highest BCUT2D eigenvalue weighted by molar-refractivity contribution is 5.94. The number of piperidine rings is 1. The molecular weight excluding hydrogens is 326 g/mol. The summed E-state index contributed by atoms with van der Waals surface area (Å²) in [4.78, 5) is 14.6. The SMILES string of the molecule is CC1CCN(C(=O)c2ccc(-c3nnc(-c4ccccc4)o3)cc2)CC1. The Balaban J connectivity index is 1.50. The van der Waals surface area contributed by atoms with E-state index in [1.54, 1.807) is 0 Å². The van der Waals surface area contributed by atoms with Gasteiger partial charge in [-0.2, -0.15) is 0 Å². The van der Waals surface area contributed by atoms with E-state index in [1.807, 2.05) is 59.5 Å². The van der Waals surface area contributed by atoms with Crippen LogP contribution >= 0.6 is 0 Å². The average Bonchev–Trinajstić information content (AvgIpc) is 3.19. The van der Waals surface area contributed by atoms with Crippen molar-refractivity contribution in [3.8, 4) is 22.9 Å². The lowest BCUT2D eigenvalue weighted by Gasteiger charge is -2.30. The third-order valence-corrected chi connectivity index (χ3v) is 4.90. The van der Waals surface area contributed by atoms with E-state index in [9.17, 15) is 4.79 Å². The van der Waals surface area contributed by atoms with Crippen LogP contribution < -0.4 is 0 Å². The predicted octanol–water partition coefficient (Wildman–Crippen LogP) is 4.28. The number of hydrogen-bond donors (Lipinski definition) is 0. The zero-order chi connectivity index (χ0) is 17.9. The van der Waals surface area contributed by atoms with Crippen molar-refractivity contribution in [2.75, 3.05) is 13.1 Å². The number of hydrogen-bond acceptors (Lipinski definition) is 4. The zero-order valence-electron chi connectivity index (χ0n) is 14.8. The molecule has 1 fully saturated rings. The molecule has 0 saturated carbocycles. The molecule has 0 N–H and O–H groups in total. The van der Waals surface area contributed by atoms with Gasteiger partial charge in [0.15, 0.2) is 0 Å². The number of rotatable bonds is 3. The average molecular weight is 347 g/mol. The minimum Gasteiger partial charge on any atom is -0.416 e. The monoisotopic (exact) mass is 347 g/mol. The first-order valence-electron chi connectivity index (χ1n) is 8.99. The van der Waals surface area contributed by atoms with Gasteiger partial charge in [-0.3, -0.25) is 4.79 Å². The molecule has 0 bridgehead atoms. The summed E-state index contributed by atoms with van der Waals surface area (Å²) in [6, 6.07) is 17.1. The van der Waals surface area contributed by atoms with Crippen molar-refractivity contribution < 1.29 is 9.21 Å². The lowest BCUT2D eigenvalue weighted by atomic mass is 9.98. The molecule has 1 aliphatic heterocycles. The van der Waals surface area contributed by atoms with Crippen molar-refractivity contribution in [1.29, 1.82) is 0 Å². The number of aromatic nitrogens is 2. The molecule has 0 atom stereocenters. The van der Waals surface area contributed by atoms with Crippen LogP contribution in [0.1, 0.15) is 30.1 Å². The van der Waals surface area contributed by atoms with Gasteiger partial charge in [-0.05, 0) is 55.2 Å². The van der Waals surface area contributed by atoms with E-state index in [0.717, 1.165) is 37.1 Å². The van der Waals surface area contributed by atoms with Gasteiger partial charge in [-0.1, -0.05) is 25.1 Å². The smallest absolute Gasteiger partial charge is 0.253 e. The minimum absolute atomic E-state index is 0.0963. The fourth-order valence-corrected chi connectivity index (χ4v) is 3.19. The summed E-state index contributed by atoms with van der Waals surface area (Å²) in [6.45, 7) is 3.92. The number of benzene rings is 2. The first-order chi connectivity index (χ1) is 12.7. The molecule has 0 unspecified atom stereocenters. The lowest BCUT2D eigenvalue weighted by molar-refractivity contribution is 0.0697. The molecule has 1 saturated heterocycles. The van der Waals surface area contributed by atoms with Gasteiger partial charge < -0.3 is 9.32 Å². The van der Waals surface area contributed by atoms with Gasteiger partial charge in [0.2, 0.25) is 11.8 Å². The van der Waals surface area contributed by atoms with E-state index in [-0.39, 0.29) is 5.91 Å². The van der Waals surface area contributed by atoms with E-state index in [4.69, 9.17) is 4.42 Å². The van der Waals surface area contributed by atoms with E-state index < -0.39 is 0 Å². The molecule has 5 heteroatoms. The second kappa shape index (κ2) is 7.12. The standard InChI is InChI=1S/C21H21N3O2/c1-15-11-13-24(14-12-15)21(25)18-9-7-17(8-10-18)20-23-22-19(26-20)16-5-3-2-4-6-16/h2-10,15H,11-14H2,1H3. The normalized spacial score (nSPS) is 15.2. The Morgan fingerprint density at radius 3 is 2.12 bits per heavy atom. The molecule has 132 valence electrons. The van der Waals surface area contributed by atoms with Crippen LogP contribution in [0.5, 0.6) is 0 Å². The van der Waals surface area contributed by atoms with Crippen molar-refractivity contribution in [3.63, 3.8) is 0 Å². The Morgan fingerprint density at radius 2 is 1.50 bits per heavy atom. The van der Waals surface area contributed by atoms with Crippen molar-refractivity contribution >= 4 is 5.91 Å². The third-order valence-electron chi connectivity index (χ3n) is 4.90. The summed E-state index contributed by atoms with van der Waals surface area (Å²) >= 11 is 0. The summed E-state index contributed by atoms with van der Waals surface area (Å²) < 4.78 is 5.77.